The summed E-state index contributed by atoms with van der Waals surface area (Å²) in [7, 11) is 0. The molecule has 6 aliphatic rings. The lowest BCUT2D eigenvalue weighted by molar-refractivity contribution is 0.297. The van der Waals surface area contributed by atoms with Crippen molar-refractivity contribution in [1.29, 1.82) is 0 Å². The number of aromatic nitrogens is 1. The summed E-state index contributed by atoms with van der Waals surface area (Å²) in [5.41, 5.74) is 10.7. The fraction of sp³-hybridized carbons (Fsp3) is 0.412. The molecule has 1 saturated carbocycles. The van der Waals surface area contributed by atoms with Crippen LogP contribution in [0.4, 0.5) is 0 Å². The molecule has 8 rings (SSSR count). The van der Waals surface area contributed by atoms with E-state index < -0.39 is 0 Å². The van der Waals surface area contributed by atoms with Gasteiger partial charge in [-0.1, -0.05) is 54.7 Å². The van der Waals surface area contributed by atoms with Gasteiger partial charge in [-0.2, -0.15) is 0 Å². The first-order valence-corrected chi connectivity index (χ1v) is 14.4. The molecule has 2 aromatic rings. The van der Waals surface area contributed by atoms with E-state index in [1.54, 1.807) is 22.5 Å². The number of benzene rings is 1. The van der Waals surface area contributed by atoms with Crippen molar-refractivity contribution in [2.24, 2.45) is 17.8 Å². The highest BCUT2D eigenvalue weighted by atomic mass is 15.0. The number of nitrogens with one attached hydrogen (secondary N) is 1. The van der Waals surface area contributed by atoms with Crippen LogP contribution in [0.1, 0.15) is 74.1 Å². The zero-order valence-corrected chi connectivity index (χ0v) is 21.1. The Bertz CT molecular complexity index is 1420. The van der Waals surface area contributed by atoms with Crippen LogP contribution in [0.15, 0.2) is 78.1 Å². The largest absolute Gasteiger partial charge is 0.382 e. The van der Waals surface area contributed by atoms with Gasteiger partial charge in [0.2, 0.25) is 0 Å². The second-order valence-electron chi connectivity index (χ2n) is 11.8. The van der Waals surface area contributed by atoms with Crippen LogP contribution in [0, 0.1) is 17.8 Å². The van der Waals surface area contributed by atoms with Gasteiger partial charge >= 0.3 is 0 Å². The van der Waals surface area contributed by atoms with Gasteiger partial charge in [0.15, 0.2) is 0 Å². The van der Waals surface area contributed by atoms with Crippen LogP contribution in [-0.2, 0) is 6.42 Å². The average Bonchev–Trinajstić information content (AvgIpc) is 3.48. The predicted molar refractivity (Wildman–Crippen MR) is 150 cm³/mol. The molecule has 5 atom stereocenters. The SMILES string of the molecule is C1=CC2C=CC3=C(C2C=C1)C1CC(c2ccc4c(c2)c2c(n4C4=CCCCC4)CCC=C2)CCC1N3. The Kier molecular flexibility index (Phi) is 4.85. The molecule has 5 aliphatic carbocycles. The third-order valence-electron chi connectivity index (χ3n) is 9.91. The summed E-state index contributed by atoms with van der Waals surface area (Å²) in [4.78, 5) is 0. The van der Waals surface area contributed by atoms with E-state index in [1.165, 1.54) is 80.0 Å². The van der Waals surface area contributed by atoms with Crippen molar-refractivity contribution < 1.29 is 0 Å². The van der Waals surface area contributed by atoms with Crippen molar-refractivity contribution in [2.45, 2.75) is 69.7 Å². The Balaban J connectivity index is 1.16. The molecule has 0 amide bonds. The molecule has 0 radical (unpaired) electrons. The zero-order chi connectivity index (χ0) is 23.6. The maximum absolute atomic E-state index is 3.93. The minimum atomic E-state index is 0.540. The first-order chi connectivity index (χ1) is 17.8. The van der Waals surface area contributed by atoms with Gasteiger partial charge in [0.25, 0.3) is 0 Å². The summed E-state index contributed by atoms with van der Waals surface area (Å²) in [6.45, 7) is 0. The van der Waals surface area contributed by atoms with Crippen molar-refractivity contribution in [3.8, 4) is 0 Å². The minimum absolute atomic E-state index is 0.540. The lowest BCUT2D eigenvalue weighted by atomic mass is 9.67. The Hall–Kier alpha value is -3.00. The number of fused-ring (bicyclic) bond motifs is 7. The van der Waals surface area contributed by atoms with Gasteiger partial charge in [0, 0.05) is 51.8 Å². The van der Waals surface area contributed by atoms with Crippen LogP contribution in [0.5, 0.6) is 0 Å². The number of rotatable bonds is 2. The predicted octanol–water partition coefficient (Wildman–Crippen LogP) is 8.05. The highest BCUT2D eigenvalue weighted by molar-refractivity contribution is 5.95. The lowest BCUT2D eigenvalue weighted by Gasteiger charge is -2.36. The third-order valence-corrected chi connectivity index (χ3v) is 9.91. The van der Waals surface area contributed by atoms with Gasteiger partial charge in [0.1, 0.15) is 0 Å². The molecule has 36 heavy (non-hydrogen) atoms. The van der Waals surface area contributed by atoms with Gasteiger partial charge in [-0.15, -0.1) is 0 Å². The van der Waals surface area contributed by atoms with Crippen LogP contribution in [0.2, 0.25) is 0 Å². The van der Waals surface area contributed by atoms with Gasteiger partial charge in [-0.25, -0.2) is 0 Å². The van der Waals surface area contributed by atoms with Crippen molar-refractivity contribution in [1.82, 2.24) is 9.88 Å². The Morgan fingerprint density at radius 3 is 2.83 bits per heavy atom. The van der Waals surface area contributed by atoms with E-state index in [2.05, 4.69) is 82.8 Å². The van der Waals surface area contributed by atoms with E-state index in [1.807, 2.05) is 0 Å². The van der Waals surface area contributed by atoms with Crippen LogP contribution in [-0.4, -0.2) is 10.6 Å². The topological polar surface area (TPSA) is 17.0 Å². The maximum Gasteiger partial charge on any atom is 0.0534 e. The molecule has 1 aromatic heterocycles. The van der Waals surface area contributed by atoms with E-state index in [0.29, 0.717) is 29.7 Å². The van der Waals surface area contributed by atoms with Crippen LogP contribution in [0.25, 0.3) is 22.7 Å². The monoisotopic (exact) mass is 472 g/mol. The fourth-order valence-corrected chi connectivity index (χ4v) is 8.22. The summed E-state index contributed by atoms with van der Waals surface area (Å²) < 4.78 is 2.64. The van der Waals surface area contributed by atoms with Crippen molar-refractivity contribution in [3.63, 3.8) is 0 Å². The Labute approximate surface area is 214 Å². The molecule has 1 aliphatic heterocycles. The molecule has 182 valence electrons. The Morgan fingerprint density at radius 2 is 1.89 bits per heavy atom. The van der Waals surface area contributed by atoms with E-state index >= 15 is 0 Å². The first kappa shape index (κ1) is 21.1. The van der Waals surface area contributed by atoms with Crippen molar-refractivity contribution in [2.75, 3.05) is 0 Å². The van der Waals surface area contributed by atoms with Crippen molar-refractivity contribution in [3.05, 3.63) is 94.9 Å². The molecular weight excluding hydrogens is 436 g/mol. The van der Waals surface area contributed by atoms with Gasteiger partial charge in [0.05, 0.1) is 5.52 Å². The fourth-order valence-electron chi connectivity index (χ4n) is 8.22. The quantitative estimate of drug-likeness (QED) is 0.468. The van der Waals surface area contributed by atoms with E-state index in [4.69, 9.17) is 0 Å². The molecule has 1 fully saturated rings. The van der Waals surface area contributed by atoms with Gasteiger partial charge in [-0.3, -0.25) is 0 Å². The number of allylic oxidation sites excluding steroid dienone is 9. The van der Waals surface area contributed by atoms with E-state index in [0.717, 1.165) is 0 Å². The van der Waals surface area contributed by atoms with Gasteiger partial charge in [-0.05, 0) is 93.1 Å². The number of hydrogen-bond acceptors (Lipinski definition) is 1. The molecule has 1 N–H and O–H groups in total. The zero-order valence-electron chi connectivity index (χ0n) is 21.1. The third kappa shape index (κ3) is 3.16. The van der Waals surface area contributed by atoms with E-state index in [9.17, 15) is 0 Å². The minimum Gasteiger partial charge on any atom is -0.382 e. The molecule has 1 aromatic carbocycles. The molecule has 5 unspecified atom stereocenters. The van der Waals surface area contributed by atoms with Crippen LogP contribution in [0.3, 0.4) is 0 Å². The molecular formula is C34H36N2. The molecule has 0 bridgehead atoms. The van der Waals surface area contributed by atoms with Gasteiger partial charge < -0.3 is 9.88 Å². The lowest BCUT2D eigenvalue weighted by Crippen LogP contribution is -2.34. The average molecular weight is 473 g/mol. The standard InChI is InChI=1S/C34H36N2/c1-2-9-25(10-3-1)36-32-13-7-6-12-27(32)28-20-24(16-19-33(28)36)23-15-17-30-29(21-23)34-26-11-5-4-8-22(26)14-18-31(34)35-30/h4-6,8-9,11-12,14,16,18-20,22-23,26,29-30,35H,1-3,7,10,13,15,17,21H2. The normalized spacial score (nSPS) is 32.1. The second-order valence-corrected chi connectivity index (χ2v) is 11.8. The molecule has 2 heterocycles. The second kappa shape index (κ2) is 8.26. The molecule has 2 nitrogen and oxygen atoms in total. The number of hydrogen-bond donors (Lipinski definition) is 1. The van der Waals surface area contributed by atoms with E-state index in [-0.39, 0.29) is 0 Å². The van der Waals surface area contributed by atoms with Crippen LogP contribution >= 0.6 is 0 Å². The van der Waals surface area contributed by atoms with Crippen LogP contribution < -0.4 is 5.32 Å². The number of nitrogens with zero attached hydrogens (tertiary/aromatic N) is 1. The highest BCUT2D eigenvalue weighted by Gasteiger charge is 2.43. The molecule has 0 saturated heterocycles. The smallest absolute Gasteiger partial charge is 0.0534 e. The summed E-state index contributed by atoms with van der Waals surface area (Å²) >= 11 is 0. The summed E-state index contributed by atoms with van der Waals surface area (Å²) in [5, 5.41) is 5.41. The summed E-state index contributed by atoms with van der Waals surface area (Å²) in [6, 6.07) is 8.14. The summed E-state index contributed by atoms with van der Waals surface area (Å²) in [5.74, 6) is 2.40. The molecule has 0 spiro atoms. The Morgan fingerprint density at radius 1 is 0.917 bits per heavy atom. The molecule has 2 heteroatoms. The summed E-state index contributed by atoms with van der Waals surface area (Å²) in [6.07, 6.45) is 32.7. The maximum atomic E-state index is 3.93. The van der Waals surface area contributed by atoms with Crippen molar-refractivity contribution >= 4 is 22.7 Å². The first-order valence-electron chi connectivity index (χ1n) is 14.4. The highest BCUT2D eigenvalue weighted by Crippen LogP contribution is 2.50.